The molecular formula is C14H13NO4. The number of carbonyl (C=O) groups is 3. The molecular weight excluding hydrogens is 246 g/mol. The highest BCUT2D eigenvalue weighted by atomic mass is 16.4. The maximum Gasteiger partial charge on any atom is 0.303 e. The van der Waals surface area contributed by atoms with Crippen molar-refractivity contribution >= 4 is 23.5 Å². The van der Waals surface area contributed by atoms with E-state index in [1.807, 2.05) is 0 Å². The number of fused-ring (bicyclic) bond motifs is 1. The second-order valence-corrected chi connectivity index (χ2v) is 5.02. The van der Waals surface area contributed by atoms with E-state index in [1.54, 1.807) is 24.3 Å². The zero-order valence-electron chi connectivity index (χ0n) is 10.2. The second kappa shape index (κ2) is 4.19. The Bertz CT molecular complexity index is 561. The molecule has 1 aliphatic carbocycles. The SMILES string of the molecule is O=C(O)CCc1cccc(N2C(=O)C3CC3C2=O)c1. The van der Waals surface area contributed by atoms with E-state index in [0.717, 1.165) is 5.56 Å². The number of carbonyl (C=O) groups excluding carboxylic acids is 2. The third-order valence-corrected chi connectivity index (χ3v) is 3.66. The average Bonchev–Trinajstić information content (AvgIpc) is 3.12. The van der Waals surface area contributed by atoms with E-state index >= 15 is 0 Å². The lowest BCUT2D eigenvalue weighted by molar-refractivity contribution is -0.137. The van der Waals surface area contributed by atoms with Crippen molar-refractivity contribution in [2.24, 2.45) is 11.8 Å². The number of imide groups is 1. The minimum absolute atomic E-state index is 0.0383. The number of aliphatic carboxylic acids is 1. The lowest BCUT2D eigenvalue weighted by Gasteiger charge is -2.17. The summed E-state index contributed by atoms with van der Waals surface area (Å²) < 4.78 is 0. The maximum absolute atomic E-state index is 11.9. The molecule has 5 heteroatoms. The van der Waals surface area contributed by atoms with Gasteiger partial charge >= 0.3 is 5.97 Å². The van der Waals surface area contributed by atoms with Crippen LogP contribution >= 0.6 is 0 Å². The number of nitrogens with zero attached hydrogens (tertiary/aromatic N) is 1. The van der Waals surface area contributed by atoms with Gasteiger partial charge in [-0.25, -0.2) is 0 Å². The standard InChI is InChI=1S/C14H13NO4/c16-12(17)5-4-8-2-1-3-9(6-8)15-13(18)10-7-11(10)14(15)19/h1-3,6,10-11H,4-5,7H2,(H,16,17). The summed E-state index contributed by atoms with van der Waals surface area (Å²) in [6.45, 7) is 0. The lowest BCUT2D eigenvalue weighted by Crippen LogP contribution is -2.32. The summed E-state index contributed by atoms with van der Waals surface area (Å²) >= 11 is 0. The van der Waals surface area contributed by atoms with E-state index in [0.29, 0.717) is 18.5 Å². The fraction of sp³-hybridized carbons (Fsp3) is 0.357. The molecule has 2 aliphatic rings. The largest absolute Gasteiger partial charge is 0.481 e. The van der Waals surface area contributed by atoms with Gasteiger partial charge in [0.05, 0.1) is 17.5 Å². The zero-order chi connectivity index (χ0) is 13.6. The summed E-state index contributed by atoms with van der Waals surface area (Å²) in [6, 6.07) is 6.99. The van der Waals surface area contributed by atoms with Gasteiger partial charge in [0.2, 0.25) is 11.8 Å². The molecule has 98 valence electrons. The molecule has 1 heterocycles. The van der Waals surface area contributed by atoms with E-state index in [4.69, 9.17) is 5.11 Å². The summed E-state index contributed by atoms with van der Waals surface area (Å²) in [5.41, 5.74) is 1.38. The Kier molecular flexibility index (Phi) is 2.62. The first-order valence-electron chi connectivity index (χ1n) is 6.26. The van der Waals surface area contributed by atoms with Crippen LogP contribution in [0.1, 0.15) is 18.4 Å². The second-order valence-electron chi connectivity index (χ2n) is 5.02. The van der Waals surface area contributed by atoms with Gasteiger partial charge in [-0.3, -0.25) is 19.3 Å². The van der Waals surface area contributed by atoms with Crippen LogP contribution in [0.3, 0.4) is 0 Å². The van der Waals surface area contributed by atoms with Crippen LogP contribution in [0, 0.1) is 11.8 Å². The summed E-state index contributed by atoms with van der Waals surface area (Å²) in [6.07, 6.45) is 1.12. The van der Waals surface area contributed by atoms with Gasteiger partial charge < -0.3 is 5.11 Å². The normalized spacial score (nSPS) is 24.5. The molecule has 3 rings (SSSR count). The van der Waals surface area contributed by atoms with Crippen LogP contribution in [0.2, 0.25) is 0 Å². The fourth-order valence-electron chi connectivity index (χ4n) is 2.54. The third kappa shape index (κ3) is 2.01. The number of rotatable bonds is 4. The number of anilines is 1. The van der Waals surface area contributed by atoms with E-state index in [2.05, 4.69) is 0 Å². The van der Waals surface area contributed by atoms with Crippen LogP contribution in [-0.2, 0) is 20.8 Å². The Morgan fingerprint density at radius 3 is 2.58 bits per heavy atom. The Morgan fingerprint density at radius 2 is 1.95 bits per heavy atom. The Balaban J connectivity index is 1.81. The molecule has 2 amide bonds. The van der Waals surface area contributed by atoms with Crippen LogP contribution in [0.4, 0.5) is 5.69 Å². The van der Waals surface area contributed by atoms with Gasteiger partial charge in [-0.1, -0.05) is 12.1 Å². The molecule has 5 nitrogen and oxygen atoms in total. The highest BCUT2D eigenvalue weighted by molar-refractivity contribution is 6.24. The van der Waals surface area contributed by atoms with Crippen molar-refractivity contribution in [3.8, 4) is 0 Å². The summed E-state index contributed by atoms with van der Waals surface area (Å²) in [5, 5.41) is 8.66. The summed E-state index contributed by atoms with van der Waals surface area (Å²) in [7, 11) is 0. The fourth-order valence-corrected chi connectivity index (χ4v) is 2.54. The third-order valence-electron chi connectivity index (χ3n) is 3.66. The first-order chi connectivity index (χ1) is 9.08. The number of hydrogen-bond acceptors (Lipinski definition) is 3. The molecule has 1 aromatic rings. The first-order valence-corrected chi connectivity index (χ1v) is 6.26. The number of amides is 2. The summed E-state index contributed by atoms with van der Waals surface area (Å²) in [4.78, 5) is 35.7. The Hall–Kier alpha value is -2.17. The molecule has 0 aromatic heterocycles. The minimum atomic E-state index is -0.861. The monoisotopic (exact) mass is 259 g/mol. The van der Waals surface area contributed by atoms with E-state index < -0.39 is 5.97 Å². The Morgan fingerprint density at radius 1 is 1.26 bits per heavy atom. The van der Waals surface area contributed by atoms with Crippen molar-refractivity contribution in [2.45, 2.75) is 19.3 Å². The van der Waals surface area contributed by atoms with E-state index in [1.165, 1.54) is 4.90 Å². The predicted molar refractivity (Wildman–Crippen MR) is 66.5 cm³/mol. The van der Waals surface area contributed by atoms with Crippen molar-refractivity contribution in [3.05, 3.63) is 29.8 Å². The van der Waals surface area contributed by atoms with Gasteiger partial charge in [-0.05, 0) is 30.5 Å². The smallest absolute Gasteiger partial charge is 0.303 e. The van der Waals surface area contributed by atoms with Gasteiger partial charge in [0.15, 0.2) is 0 Å². The number of carboxylic acids is 1. The zero-order valence-corrected chi connectivity index (χ0v) is 10.2. The molecule has 1 aromatic carbocycles. The van der Waals surface area contributed by atoms with Crippen LogP contribution in [0.5, 0.6) is 0 Å². The number of carboxylic acid groups (broad SMARTS) is 1. The molecule has 19 heavy (non-hydrogen) atoms. The molecule has 0 bridgehead atoms. The van der Waals surface area contributed by atoms with Crippen molar-refractivity contribution in [1.82, 2.24) is 0 Å². The molecule has 2 unspecified atom stereocenters. The topological polar surface area (TPSA) is 74.7 Å². The van der Waals surface area contributed by atoms with Crippen LogP contribution in [0.25, 0.3) is 0 Å². The van der Waals surface area contributed by atoms with Gasteiger partial charge in [0, 0.05) is 6.42 Å². The van der Waals surface area contributed by atoms with Crippen molar-refractivity contribution in [2.75, 3.05) is 4.90 Å². The van der Waals surface area contributed by atoms with E-state index in [9.17, 15) is 14.4 Å². The molecule has 0 spiro atoms. The van der Waals surface area contributed by atoms with Gasteiger partial charge in [-0.15, -0.1) is 0 Å². The highest BCUT2D eigenvalue weighted by Crippen LogP contribution is 2.48. The molecule has 2 fully saturated rings. The molecule has 1 saturated heterocycles. The number of benzene rings is 1. The van der Waals surface area contributed by atoms with Crippen molar-refractivity contribution < 1.29 is 19.5 Å². The number of piperidine rings is 1. The number of hydrogen-bond donors (Lipinski definition) is 1. The molecule has 0 radical (unpaired) electrons. The van der Waals surface area contributed by atoms with Gasteiger partial charge in [0.25, 0.3) is 0 Å². The molecule has 1 saturated carbocycles. The molecule has 2 atom stereocenters. The lowest BCUT2D eigenvalue weighted by atomic mass is 10.1. The predicted octanol–water partition coefficient (Wildman–Crippen LogP) is 1.21. The van der Waals surface area contributed by atoms with E-state index in [-0.39, 0.29) is 30.1 Å². The molecule has 1 N–H and O–H groups in total. The van der Waals surface area contributed by atoms with Crippen LogP contribution < -0.4 is 4.90 Å². The highest BCUT2D eigenvalue weighted by Gasteiger charge is 2.59. The van der Waals surface area contributed by atoms with Gasteiger partial charge in [-0.2, -0.15) is 0 Å². The average molecular weight is 259 g/mol. The number of aryl methyl sites for hydroxylation is 1. The first kappa shape index (κ1) is 11.9. The quantitative estimate of drug-likeness (QED) is 0.825. The van der Waals surface area contributed by atoms with Gasteiger partial charge in [0.1, 0.15) is 0 Å². The molecule has 1 aliphatic heterocycles. The van der Waals surface area contributed by atoms with Crippen LogP contribution in [0.15, 0.2) is 24.3 Å². The minimum Gasteiger partial charge on any atom is -0.481 e. The summed E-state index contributed by atoms with van der Waals surface area (Å²) in [5.74, 6) is -1.33. The van der Waals surface area contributed by atoms with Crippen LogP contribution in [-0.4, -0.2) is 22.9 Å². The Labute approximate surface area is 109 Å². The van der Waals surface area contributed by atoms with Crippen molar-refractivity contribution in [1.29, 1.82) is 0 Å². The van der Waals surface area contributed by atoms with Crippen molar-refractivity contribution in [3.63, 3.8) is 0 Å². The maximum atomic E-state index is 11.9.